The zero-order chi connectivity index (χ0) is 10.2. The van der Waals surface area contributed by atoms with Gasteiger partial charge in [0.25, 0.3) is 5.54 Å². The van der Waals surface area contributed by atoms with Crippen LogP contribution in [0.4, 0.5) is 5.69 Å². The van der Waals surface area contributed by atoms with Gasteiger partial charge in [0.15, 0.2) is 0 Å². The van der Waals surface area contributed by atoms with Crippen LogP contribution in [0.1, 0.15) is 25.0 Å². The number of nitrogens with two attached hydrogens (primary N) is 1. The quantitative estimate of drug-likeness (QED) is 0.616. The van der Waals surface area contributed by atoms with Crippen molar-refractivity contribution in [3.05, 3.63) is 33.8 Å². The molecular formula is C10H10BrN3. The minimum Gasteiger partial charge on any atom is -0.397 e. The van der Waals surface area contributed by atoms with E-state index in [9.17, 15) is 0 Å². The van der Waals surface area contributed by atoms with E-state index < -0.39 is 0 Å². The molecule has 1 saturated carbocycles. The number of nitrogen functional groups attached to an aromatic ring is 1. The average molecular weight is 252 g/mol. The van der Waals surface area contributed by atoms with Gasteiger partial charge in [-0.25, -0.2) is 11.6 Å². The van der Waals surface area contributed by atoms with Crippen LogP contribution >= 0.6 is 15.9 Å². The first kappa shape index (κ1) is 9.47. The molecule has 1 heterocycles. The van der Waals surface area contributed by atoms with Crippen molar-refractivity contribution in [2.24, 2.45) is 0 Å². The maximum absolute atomic E-state index is 7.21. The van der Waals surface area contributed by atoms with E-state index in [4.69, 9.17) is 12.3 Å². The molecule has 0 spiro atoms. The summed E-state index contributed by atoms with van der Waals surface area (Å²) in [5.41, 5.74) is 6.75. The largest absolute Gasteiger partial charge is 0.397 e. The van der Waals surface area contributed by atoms with Crippen molar-refractivity contribution in [3.63, 3.8) is 0 Å². The third kappa shape index (κ3) is 1.28. The maximum atomic E-state index is 7.21. The second-order valence-corrected chi connectivity index (χ2v) is 4.32. The van der Waals surface area contributed by atoms with Gasteiger partial charge < -0.3 is 10.6 Å². The fourth-order valence-electron chi connectivity index (χ4n) is 1.64. The van der Waals surface area contributed by atoms with Crippen molar-refractivity contribution < 1.29 is 0 Å². The van der Waals surface area contributed by atoms with E-state index in [1.807, 2.05) is 6.07 Å². The molecule has 0 atom stereocenters. The molecule has 72 valence electrons. The third-order valence-corrected chi connectivity index (χ3v) is 3.38. The van der Waals surface area contributed by atoms with E-state index in [-0.39, 0.29) is 5.54 Å². The van der Waals surface area contributed by atoms with E-state index in [2.05, 4.69) is 25.8 Å². The highest BCUT2D eigenvalue weighted by atomic mass is 79.9. The lowest BCUT2D eigenvalue weighted by atomic mass is 9.75. The standard InChI is InChI=1S/C10H10BrN3/c1-13-10(5-2-6-10)8-4-3-7(12)9(11)14-8/h3-4H,2,5-6,12H2. The first-order valence-electron chi connectivity index (χ1n) is 4.49. The summed E-state index contributed by atoms with van der Waals surface area (Å²) in [5, 5.41) is 0. The lowest BCUT2D eigenvalue weighted by molar-refractivity contribution is 0.302. The summed E-state index contributed by atoms with van der Waals surface area (Å²) in [7, 11) is 0. The molecule has 0 amide bonds. The molecule has 0 radical (unpaired) electrons. The maximum Gasteiger partial charge on any atom is 0.274 e. The van der Waals surface area contributed by atoms with Gasteiger partial charge in [0.05, 0.1) is 5.69 Å². The van der Waals surface area contributed by atoms with Crippen LogP contribution < -0.4 is 5.73 Å². The van der Waals surface area contributed by atoms with Gasteiger partial charge in [0, 0.05) is 12.8 Å². The van der Waals surface area contributed by atoms with Gasteiger partial charge in [-0.1, -0.05) is 0 Å². The van der Waals surface area contributed by atoms with Crippen LogP contribution in [-0.2, 0) is 5.54 Å². The van der Waals surface area contributed by atoms with Gasteiger partial charge in [-0.2, -0.15) is 0 Å². The summed E-state index contributed by atoms with van der Waals surface area (Å²) in [6.45, 7) is 7.21. The van der Waals surface area contributed by atoms with Crippen molar-refractivity contribution in [1.82, 2.24) is 4.98 Å². The number of hydrogen-bond acceptors (Lipinski definition) is 2. The van der Waals surface area contributed by atoms with Gasteiger partial charge in [-0.15, -0.1) is 0 Å². The first-order valence-corrected chi connectivity index (χ1v) is 5.28. The lowest BCUT2D eigenvalue weighted by Crippen LogP contribution is -2.31. The summed E-state index contributed by atoms with van der Waals surface area (Å²) < 4.78 is 0.643. The molecule has 1 aromatic rings. The number of anilines is 1. The van der Waals surface area contributed by atoms with Crippen LogP contribution in [-0.4, -0.2) is 4.98 Å². The van der Waals surface area contributed by atoms with Crippen molar-refractivity contribution in [1.29, 1.82) is 0 Å². The summed E-state index contributed by atoms with van der Waals surface area (Å²) in [6, 6.07) is 3.66. The molecule has 14 heavy (non-hydrogen) atoms. The smallest absolute Gasteiger partial charge is 0.274 e. The summed E-state index contributed by atoms with van der Waals surface area (Å²) in [5.74, 6) is 0. The number of aromatic nitrogens is 1. The Morgan fingerprint density at radius 3 is 2.64 bits per heavy atom. The Morgan fingerprint density at radius 2 is 2.21 bits per heavy atom. The molecule has 1 fully saturated rings. The Morgan fingerprint density at radius 1 is 1.50 bits per heavy atom. The van der Waals surface area contributed by atoms with Crippen LogP contribution in [0.3, 0.4) is 0 Å². The Kier molecular flexibility index (Phi) is 2.20. The molecule has 0 aliphatic heterocycles. The second kappa shape index (κ2) is 3.25. The van der Waals surface area contributed by atoms with Crippen LogP contribution in [0.15, 0.2) is 16.7 Å². The van der Waals surface area contributed by atoms with E-state index in [0.717, 1.165) is 25.0 Å². The van der Waals surface area contributed by atoms with Crippen LogP contribution in [0.25, 0.3) is 4.85 Å². The Hall–Kier alpha value is -1.08. The molecular weight excluding hydrogens is 242 g/mol. The first-order chi connectivity index (χ1) is 6.68. The van der Waals surface area contributed by atoms with E-state index in [1.165, 1.54) is 0 Å². The molecule has 1 aromatic heterocycles. The number of nitrogens with zero attached hydrogens (tertiary/aromatic N) is 2. The molecule has 1 aliphatic carbocycles. The minimum atomic E-state index is -0.365. The topological polar surface area (TPSA) is 43.3 Å². The monoisotopic (exact) mass is 251 g/mol. The van der Waals surface area contributed by atoms with Gasteiger partial charge >= 0.3 is 0 Å². The third-order valence-electron chi connectivity index (χ3n) is 2.75. The molecule has 3 nitrogen and oxygen atoms in total. The van der Waals surface area contributed by atoms with Crippen molar-refractivity contribution in [3.8, 4) is 0 Å². The molecule has 2 N–H and O–H groups in total. The number of rotatable bonds is 1. The molecule has 4 heteroatoms. The van der Waals surface area contributed by atoms with Crippen LogP contribution in [0.5, 0.6) is 0 Å². The fraction of sp³-hybridized carbons (Fsp3) is 0.400. The van der Waals surface area contributed by atoms with Crippen molar-refractivity contribution in [2.45, 2.75) is 24.8 Å². The number of hydrogen-bond donors (Lipinski definition) is 1. The molecule has 1 aliphatic rings. The summed E-state index contributed by atoms with van der Waals surface area (Å²) in [4.78, 5) is 8.01. The second-order valence-electron chi connectivity index (χ2n) is 3.57. The summed E-state index contributed by atoms with van der Waals surface area (Å²) >= 11 is 3.28. The Labute approximate surface area is 91.3 Å². The van der Waals surface area contributed by atoms with E-state index in [1.54, 1.807) is 6.07 Å². The zero-order valence-electron chi connectivity index (χ0n) is 7.63. The number of pyridine rings is 1. The molecule has 0 unspecified atom stereocenters. The van der Waals surface area contributed by atoms with E-state index >= 15 is 0 Å². The van der Waals surface area contributed by atoms with Gasteiger partial charge in [0.2, 0.25) is 0 Å². The van der Waals surface area contributed by atoms with Gasteiger partial charge in [-0.3, -0.25) is 0 Å². The van der Waals surface area contributed by atoms with Gasteiger partial charge in [0.1, 0.15) is 10.3 Å². The Balaban J connectivity index is 2.42. The average Bonchev–Trinajstić information content (AvgIpc) is 2.10. The van der Waals surface area contributed by atoms with Crippen molar-refractivity contribution in [2.75, 3.05) is 5.73 Å². The minimum absolute atomic E-state index is 0.365. The molecule has 2 rings (SSSR count). The SMILES string of the molecule is [C-]#[N+]C1(c2ccc(N)c(Br)n2)CCC1. The van der Waals surface area contributed by atoms with Crippen LogP contribution in [0.2, 0.25) is 0 Å². The highest BCUT2D eigenvalue weighted by molar-refractivity contribution is 9.10. The highest BCUT2D eigenvalue weighted by Crippen LogP contribution is 2.44. The fourth-order valence-corrected chi connectivity index (χ4v) is 1.96. The van der Waals surface area contributed by atoms with Crippen LogP contribution in [0, 0.1) is 6.57 Å². The molecule has 0 aromatic carbocycles. The predicted octanol–water partition coefficient (Wildman–Crippen LogP) is 2.72. The Bertz CT molecular complexity index is 404. The van der Waals surface area contributed by atoms with E-state index in [0.29, 0.717) is 10.3 Å². The number of halogens is 1. The highest BCUT2D eigenvalue weighted by Gasteiger charge is 2.47. The lowest BCUT2D eigenvalue weighted by Gasteiger charge is -2.29. The van der Waals surface area contributed by atoms with Crippen molar-refractivity contribution >= 4 is 21.6 Å². The predicted molar refractivity (Wildman–Crippen MR) is 58.5 cm³/mol. The normalized spacial score (nSPS) is 18.3. The summed E-state index contributed by atoms with van der Waals surface area (Å²) in [6.07, 6.45) is 2.95. The zero-order valence-corrected chi connectivity index (χ0v) is 9.21. The molecule has 0 saturated heterocycles. The molecule has 0 bridgehead atoms. The van der Waals surface area contributed by atoms with Gasteiger partial charge in [-0.05, 0) is 34.5 Å².